The Labute approximate surface area is 173 Å². The Hall–Kier alpha value is -1.60. The van der Waals surface area contributed by atoms with Gasteiger partial charge < -0.3 is 10.2 Å². The third-order valence-corrected chi connectivity index (χ3v) is 6.21. The van der Waals surface area contributed by atoms with E-state index in [2.05, 4.69) is 17.3 Å². The van der Waals surface area contributed by atoms with Gasteiger partial charge in [-0.1, -0.05) is 23.7 Å². The number of piperazine rings is 1. The van der Waals surface area contributed by atoms with Gasteiger partial charge in [-0.2, -0.15) is 5.10 Å². The monoisotopic (exact) mass is 424 g/mol. The molecule has 1 N–H and O–H groups in total. The Balaban J connectivity index is 0.00000210. The maximum Gasteiger partial charge on any atom is 0.264 e. The third kappa shape index (κ3) is 3.99. The number of amides is 1. The number of aromatic nitrogens is 2. The smallest absolute Gasteiger partial charge is 0.264 e. The molecule has 0 saturated carbocycles. The first-order valence-electron chi connectivity index (χ1n) is 8.76. The number of hydrogen-bond donors (Lipinski definition) is 1. The van der Waals surface area contributed by atoms with Crippen LogP contribution in [0.1, 0.15) is 27.9 Å². The molecule has 1 atom stereocenters. The van der Waals surface area contributed by atoms with Gasteiger partial charge in [0.25, 0.3) is 5.91 Å². The van der Waals surface area contributed by atoms with Gasteiger partial charge in [-0.15, -0.1) is 23.7 Å². The molecule has 5 nitrogen and oxygen atoms in total. The minimum absolute atomic E-state index is 0. The molecule has 0 aliphatic carbocycles. The average Bonchev–Trinajstić information content (AvgIpc) is 3.19. The Kier molecular flexibility index (Phi) is 6.11. The third-order valence-electron chi connectivity index (χ3n) is 4.83. The number of nitrogens with one attached hydrogen (secondary N) is 1. The van der Waals surface area contributed by atoms with Crippen LogP contribution in [0.4, 0.5) is 0 Å². The number of fused-ring (bicyclic) bond motifs is 1. The summed E-state index contributed by atoms with van der Waals surface area (Å²) in [6.45, 7) is 7.20. The first kappa shape index (κ1) is 20.1. The minimum Gasteiger partial charge on any atom is -0.333 e. The number of rotatable bonds is 3. The van der Waals surface area contributed by atoms with Gasteiger partial charge in [-0.25, -0.2) is 0 Å². The lowest BCUT2D eigenvalue weighted by Gasteiger charge is -2.33. The zero-order chi connectivity index (χ0) is 18.3. The van der Waals surface area contributed by atoms with Crippen LogP contribution in [0, 0.1) is 6.92 Å². The van der Waals surface area contributed by atoms with Crippen LogP contribution in [0.2, 0.25) is 5.02 Å². The quantitative estimate of drug-likeness (QED) is 0.691. The first-order chi connectivity index (χ1) is 12.5. The first-order valence-corrected chi connectivity index (χ1v) is 9.95. The topological polar surface area (TPSA) is 50.2 Å². The van der Waals surface area contributed by atoms with Crippen LogP contribution in [0.3, 0.4) is 0 Å². The summed E-state index contributed by atoms with van der Waals surface area (Å²) in [5.74, 6) is 0.123. The fraction of sp³-hybridized carbons (Fsp3) is 0.368. The Morgan fingerprint density at radius 1 is 1.37 bits per heavy atom. The maximum absolute atomic E-state index is 13.0. The number of hydrogen-bond acceptors (Lipinski definition) is 4. The molecule has 0 bridgehead atoms. The highest BCUT2D eigenvalue weighted by Gasteiger charge is 2.26. The van der Waals surface area contributed by atoms with Gasteiger partial charge in [-0.05, 0) is 37.6 Å². The standard InChI is InChI=1S/C19H21ClN4OS.ClH/c1-12-10-21-7-8-23(12)18(25)17-9-16-13(2)22-24(19(16)26-17)11-14-3-5-15(20)6-4-14;/h3-6,9,12,21H,7-8,10-11H2,1-2H3;1H/t12-;/m1./s1. The van der Waals surface area contributed by atoms with Crippen LogP contribution in [0.15, 0.2) is 30.3 Å². The Bertz CT molecular complexity index is 951. The molecule has 2 aromatic heterocycles. The molecular weight excluding hydrogens is 403 g/mol. The molecule has 4 rings (SSSR count). The number of halogens is 2. The zero-order valence-electron chi connectivity index (χ0n) is 15.2. The number of benzene rings is 1. The molecule has 1 aromatic carbocycles. The van der Waals surface area contributed by atoms with Crippen LogP contribution in [-0.4, -0.2) is 46.3 Å². The average molecular weight is 425 g/mol. The second kappa shape index (κ2) is 8.19. The van der Waals surface area contributed by atoms with Crippen molar-refractivity contribution >= 4 is 51.5 Å². The van der Waals surface area contributed by atoms with Crippen LogP contribution >= 0.6 is 35.3 Å². The maximum atomic E-state index is 13.0. The molecule has 1 fully saturated rings. The van der Waals surface area contributed by atoms with Gasteiger partial charge in [-0.3, -0.25) is 9.48 Å². The summed E-state index contributed by atoms with van der Waals surface area (Å²) >= 11 is 7.50. The van der Waals surface area contributed by atoms with Crippen molar-refractivity contribution in [2.24, 2.45) is 0 Å². The lowest BCUT2D eigenvalue weighted by atomic mass is 10.2. The number of aryl methyl sites for hydroxylation is 1. The van der Waals surface area contributed by atoms with Crippen LogP contribution in [0.5, 0.6) is 0 Å². The fourth-order valence-corrected chi connectivity index (χ4v) is 4.62. The summed E-state index contributed by atoms with van der Waals surface area (Å²) in [7, 11) is 0. The molecule has 0 unspecified atom stereocenters. The molecule has 1 aliphatic rings. The van der Waals surface area contributed by atoms with Crippen molar-refractivity contribution in [3.8, 4) is 0 Å². The highest BCUT2D eigenvalue weighted by Crippen LogP contribution is 2.30. The fourth-order valence-electron chi connectivity index (χ4n) is 3.37. The van der Waals surface area contributed by atoms with Crippen molar-refractivity contribution in [1.29, 1.82) is 0 Å². The summed E-state index contributed by atoms with van der Waals surface area (Å²) in [6.07, 6.45) is 0. The lowest BCUT2D eigenvalue weighted by molar-refractivity contribution is 0.0661. The van der Waals surface area contributed by atoms with Crippen molar-refractivity contribution in [3.63, 3.8) is 0 Å². The molecule has 1 amide bonds. The molecule has 3 heterocycles. The number of carbonyl (C=O) groups is 1. The molecule has 1 saturated heterocycles. The van der Waals surface area contributed by atoms with E-state index in [0.717, 1.165) is 51.0 Å². The molecule has 1 aliphatic heterocycles. The summed E-state index contributed by atoms with van der Waals surface area (Å²) < 4.78 is 1.98. The molecule has 8 heteroatoms. The molecule has 27 heavy (non-hydrogen) atoms. The predicted octanol–water partition coefficient (Wildman–Crippen LogP) is 3.96. The summed E-state index contributed by atoms with van der Waals surface area (Å²) in [5, 5.41) is 9.77. The Morgan fingerprint density at radius 2 is 2.11 bits per heavy atom. The molecule has 0 spiro atoms. The van der Waals surface area contributed by atoms with Gasteiger partial charge in [0, 0.05) is 36.1 Å². The summed E-state index contributed by atoms with van der Waals surface area (Å²) in [5.41, 5.74) is 2.09. The Morgan fingerprint density at radius 3 is 2.81 bits per heavy atom. The number of carbonyl (C=O) groups excluding carboxylic acids is 1. The van der Waals surface area contributed by atoms with Crippen molar-refractivity contribution < 1.29 is 4.79 Å². The van der Waals surface area contributed by atoms with Gasteiger partial charge in [0.05, 0.1) is 17.1 Å². The van der Waals surface area contributed by atoms with Crippen molar-refractivity contribution in [2.45, 2.75) is 26.4 Å². The summed E-state index contributed by atoms with van der Waals surface area (Å²) in [6, 6.07) is 10.0. The van der Waals surface area contributed by atoms with Gasteiger partial charge >= 0.3 is 0 Å². The normalized spacial score (nSPS) is 17.1. The van der Waals surface area contributed by atoms with E-state index in [9.17, 15) is 4.79 Å². The second-order valence-electron chi connectivity index (χ2n) is 6.75. The van der Waals surface area contributed by atoms with Crippen molar-refractivity contribution in [1.82, 2.24) is 20.0 Å². The van der Waals surface area contributed by atoms with E-state index in [4.69, 9.17) is 11.6 Å². The van der Waals surface area contributed by atoms with E-state index in [0.29, 0.717) is 6.54 Å². The molecule has 144 valence electrons. The van der Waals surface area contributed by atoms with E-state index in [1.165, 1.54) is 11.3 Å². The highest BCUT2D eigenvalue weighted by atomic mass is 35.5. The molecule has 0 radical (unpaired) electrons. The van der Waals surface area contributed by atoms with E-state index >= 15 is 0 Å². The van der Waals surface area contributed by atoms with Crippen LogP contribution < -0.4 is 5.32 Å². The van der Waals surface area contributed by atoms with Crippen LogP contribution in [-0.2, 0) is 6.54 Å². The SMILES string of the molecule is Cc1nn(Cc2ccc(Cl)cc2)c2sc(C(=O)N3CCNC[C@H]3C)cc12.Cl. The zero-order valence-corrected chi connectivity index (χ0v) is 17.6. The minimum atomic E-state index is 0. The van der Waals surface area contributed by atoms with E-state index < -0.39 is 0 Å². The van der Waals surface area contributed by atoms with Crippen LogP contribution in [0.25, 0.3) is 10.2 Å². The van der Waals surface area contributed by atoms with Crippen molar-refractivity contribution in [3.05, 3.63) is 51.5 Å². The van der Waals surface area contributed by atoms with Crippen molar-refractivity contribution in [2.75, 3.05) is 19.6 Å². The van der Waals surface area contributed by atoms with Gasteiger partial charge in [0.1, 0.15) is 4.83 Å². The van der Waals surface area contributed by atoms with Gasteiger partial charge in [0.2, 0.25) is 0 Å². The molecule has 3 aromatic rings. The highest BCUT2D eigenvalue weighted by molar-refractivity contribution is 7.20. The predicted molar refractivity (Wildman–Crippen MR) is 114 cm³/mol. The lowest BCUT2D eigenvalue weighted by Crippen LogP contribution is -2.52. The number of nitrogens with zero attached hydrogens (tertiary/aromatic N) is 3. The second-order valence-corrected chi connectivity index (χ2v) is 8.22. The molecular formula is C19H22Cl2N4OS. The summed E-state index contributed by atoms with van der Waals surface area (Å²) in [4.78, 5) is 16.8. The van der Waals surface area contributed by atoms with E-state index in [-0.39, 0.29) is 24.4 Å². The van der Waals surface area contributed by atoms with E-state index in [1.807, 2.05) is 46.8 Å². The van der Waals surface area contributed by atoms with Gasteiger partial charge in [0.15, 0.2) is 0 Å². The number of thiophene rings is 1. The largest absolute Gasteiger partial charge is 0.333 e. The van der Waals surface area contributed by atoms with E-state index in [1.54, 1.807) is 0 Å².